The van der Waals surface area contributed by atoms with E-state index in [0.717, 1.165) is 55.2 Å². The van der Waals surface area contributed by atoms with Gasteiger partial charge >= 0.3 is 0 Å². The van der Waals surface area contributed by atoms with E-state index in [1.807, 2.05) is 24.5 Å². The molecule has 1 aliphatic heterocycles. The second kappa shape index (κ2) is 9.10. The molecule has 0 spiro atoms. The predicted molar refractivity (Wildman–Crippen MR) is 111 cm³/mol. The van der Waals surface area contributed by atoms with Gasteiger partial charge in [0, 0.05) is 38.3 Å². The van der Waals surface area contributed by atoms with Crippen molar-refractivity contribution in [3.05, 3.63) is 46.7 Å². The van der Waals surface area contributed by atoms with Crippen molar-refractivity contribution in [2.24, 2.45) is 0 Å². The van der Waals surface area contributed by atoms with Crippen molar-refractivity contribution >= 4 is 17.5 Å². The molecule has 2 aromatic rings. The number of rotatable bonds is 7. The molecule has 2 heterocycles. The number of benzene rings is 1. The van der Waals surface area contributed by atoms with E-state index in [4.69, 9.17) is 21.1 Å². The highest BCUT2D eigenvalue weighted by Gasteiger charge is 2.23. The van der Waals surface area contributed by atoms with E-state index < -0.39 is 0 Å². The fourth-order valence-corrected chi connectivity index (χ4v) is 3.78. The van der Waals surface area contributed by atoms with Crippen molar-refractivity contribution in [3.63, 3.8) is 0 Å². The summed E-state index contributed by atoms with van der Waals surface area (Å²) in [6, 6.07) is 5.99. The Kier molecular flexibility index (Phi) is 6.33. The van der Waals surface area contributed by atoms with Gasteiger partial charge in [-0.1, -0.05) is 24.6 Å². The molecule has 28 heavy (non-hydrogen) atoms. The van der Waals surface area contributed by atoms with Gasteiger partial charge in [0.15, 0.2) is 0 Å². The number of aryl methyl sites for hydroxylation is 1. The average Bonchev–Trinajstić information content (AvgIpc) is 2.69. The standard InChI is InChI=1S/C22H28ClN3O2/c1-2-16-13-24-22(25-14-16)26-10-8-19(9-11-26)28-21-7-6-17(12-20(21)23)15-27-18-4-3-5-18/h6-7,12-14,18-19H,2-5,8-11,15H2,1H3. The van der Waals surface area contributed by atoms with E-state index in [0.29, 0.717) is 17.7 Å². The summed E-state index contributed by atoms with van der Waals surface area (Å²) < 4.78 is 12.0. The van der Waals surface area contributed by atoms with Crippen molar-refractivity contribution in [2.75, 3.05) is 18.0 Å². The third kappa shape index (κ3) is 4.76. The molecule has 1 saturated carbocycles. The van der Waals surface area contributed by atoms with Gasteiger partial charge in [0.2, 0.25) is 5.95 Å². The first-order valence-corrected chi connectivity index (χ1v) is 10.7. The molecule has 0 atom stereocenters. The highest BCUT2D eigenvalue weighted by Crippen LogP contribution is 2.30. The molecular weight excluding hydrogens is 374 g/mol. The van der Waals surface area contributed by atoms with E-state index in [-0.39, 0.29) is 6.10 Å². The van der Waals surface area contributed by atoms with Gasteiger partial charge in [-0.05, 0) is 48.9 Å². The molecule has 1 aromatic carbocycles. The molecule has 0 unspecified atom stereocenters. The molecule has 150 valence electrons. The van der Waals surface area contributed by atoms with Crippen molar-refractivity contribution in [3.8, 4) is 5.75 Å². The number of nitrogens with zero attached hydrogens (tertiary/aromatic N) is 3. The third-order valence-electron chi connectivity index (χ3n) is 5.65. The van der Waals surface area contributed by atoms with E-state index in [1.165, 1.54) is 19.3 Å². The predicted octanol–water partition coefficient (Wildman–Crippen LogP) is 4.81. The number of anilines is 1. The minimum Gasteiger partial charge on any atom is -0.489 e. The van der Waals surface area contributed by atoms with Crippen LogP contribution in [0.5, 0.6) is 5.75 Å². The minimum absolute atomic E-state index is 0.167. The molecule has 0 radical (unpaired) electrons. The van der Waals surface area contributed by atoms with Crippen LogP contribution in [0.3, 0.4) is 0 Å². The maximum absolute atomic E-state index is 6.45. The quantitative estimate of drug-likeness (QED) is 0.666. The van der Waals surface area contributed by atoms with Crippen LogP contribution in [-0.2, 0) is 17.8 Å². The summed E-state index contributed by atoms with van der Waals surface area (Å²) in [5.41, 5.74) is 2.27. The van der Waals surface area contributed by atoms with Crippen LogP contribution in [0, 0.1) is 0 Å². The van der Waals surface area contributed by atoms with E-state index >= 15 is 0 Å². The zero-order chi connectivity index (χ0) is 19.3. The maximum atomic E-state index is 6.45. The summed E-state index contributed by atoms with van der Waals surface area (Å²) >= 11 is 6.45. The molecule has 0 amide bonds. The minimum atomic E-state index is 0.167. The van der Waals surface area contributed by atoms with Gasteiger partial charge in [-0.15, -0.1) is 0 Å². The fraction of sp³-hybridized carbons (Fsp3) is 0.545. The first-order valence-electron chi connectivity index (χ1n) is 10.3. The lowest BCUT2D eigenvalue weighted by Gasteiger charge is -2.32. The Bertz CT molecular complexity index is 772. The lowest BCUT2D eigenvalue weighted by molar-refractivity contribution is -0.00867. The van der Waals surface area contributed by atoms with Crippen molar-refractivity contribution in [1.82, 2.24) is 9.97 Å². The van der Waals surface area contributed by atoms with Gasteiger partial charge in [0.1, 0.15) is 11.9 Å². The van der Waals surface area contributed by atoms with Gasteiger partial charge in [0.05, 0.1) is 17.7 Å². The van der Waals surface area contributed by atoms with Crippen LogP contribution in [0.15, 0.2) is 30.6 Å². The Morgan fingerprint density at radius 1 is 1.04 bits per heavy atom. The summed E-state index contributed by atoms with van der Waals surface area (Å²) in [5, 5.41) is 0.663. The largest absolute Gasteiger partial charge is 0.489 e. The van der Waals surface area contributed by atoms with Gasteiger partial charge in [-0.2, -0.15) is 0 Å². The smallest absolute Gasteiger partial charge is 0.225 e. The van der Waals surface area contributed by atoms with Crippen LogP contribution in [0.25, 0.3) is 0 Å². The first-order chi connectivity index (χ1) is 13.7. The normalized spacial score (nSPS) is 18.1. The van der Waals surface area contributed by atoms with Crippen molar-refractivity contribution in [1.29, 1.82) is 0 Å². The van der Waals surface area contributed by atoms with Crippen LogP contribution in [0.4, 0.5) is 5.95 Å². The highest BCUT2D eigenvalue weighted by molar-refractivity contribution is 6.32. The second-order valence-corrected chi connectivity index (χ2v) is 8.09. The van der Waals surface area contributed by atoms with E-state index in [2.05, 4.69) is 27.9 Å². The summed E-state index contributed by atoms with van der Waals surface area (Å²) in [7, 11) is 0. The monoisotopic (exact) mass is 401 g/mol. The van der Waals surface area contributed by atoms with Crippen LogP contribution in [0.1, 0.15) is 50.2 Å². The van der Waals surface area contributed by atoms with Crippen LogP contribution < -0.4 is 9.64 Å². The van der Waals surface area contributed by atoms with Crippen LogP contribution in [0.2, 0.25) is 5.02 Å². The number of hydrogen-bond donors (Lipinski definition) is 0. The Balaban J connectivity index is 1.27. The lowest BCUT2D eigenvalue weighted by atomic mass is 9.96. The Morgan fingerprint density at radius 2 is 1.79 bits per heavy atom. The van der Waals surface area contributed by atoms with Gasteiger partial charge in [-0.25, -0.2) is 9.97 Å². The number of ether oxygens (including phenoxy) is 2. The van der Waals surface area contributed by atoms with Crippen molar-refractivity contribution in [2.45, 2.75) is 64.3 Å². The zero-order valence-electron chi connectivity index (χ0n) is 16.4. The first kappa shape index (κ1) is 19.5. The number of aromatic nitrogens is 2. The SMILES string of the molecule is CCc1cnc(N2CCC(Oc3ccc(COC4CCC4)cc3Cl)CC2)nc1. The van der Waals surface area contributed by atoms with Gasteiger partial charge in [-0.3, -0.25) is 0 Å². The molecule has 0 bridgehead atoms. The van der Waals surface area contributed by atoms with E-state index in [1.54, 1.807) is 0 Å². The summed E-state index contributed by atoms with van der Waals surface area (Å²) in [6.07, 6.45) is 10.9. The molecule has 4 rings (SSSR count). The average molecular weight is 402 g/mol. The number of piperidine rings is 1. The maximum Gasteiger partial charge on any atom is 0.225 e. The second-order valence-electron chi connectivity index (χ2n) is 7.68. The fourth-order valence-electron chi connectivity index (χ4n) is 3.53. The summed E-state index contributed by atoms with van der Waals surface area (Å²) in [6.45, 7) is 4.52. The van der Waals surface area contributed by atoms with Gasteiger partial charge < -0.3 is 14.4 Å². The highest BCUT2D eigenvalue weighted by atomic mass is 35.5. The topological polar surface area (TPSA) is 47.5 Å². The van der Waals surface area contributed by atoms with E-state index in [9.17, 15) is 0 Å². The summed E-state index contributed by atoms with van der Waals surface area (Å²) in [4.78, 5) is 11.2. The number of halogens is 1. The van der Waals surface area contributed by atoms with Crippen LogP contribution in [-0.4, -0.2) is 35.3 Å². The molecule has 0 N–H and O–H groups in total. The van der Waals surface area contributed by atoms with Crippen LogP contribution >= 0.6 is 11.6 Å². The number of hydrogen-bond acceptors (Lipinski definition) is 5. The molecule has 2 aliphatic rings. The lowest BCUT2D eigenvalue weighted by Crippen LogP contribution is -2.39. The van der Waals surface area contributed by atoms with Crippen molar-refractivity contribution < 1.29 is 9.47 Å². The Hall–Kier alpha value is -1.85. The Morgan fingerprint density at radius 3 is 2.39 bits per heavy atom. The molecule has 6 heteroatoms. The molecule has 1 aliphatic carbocycles. The molecule has 2 fully saturated rings. The van der Waals surface area contributed by atoms with Gasteiger partial charge in [0.25, 0.3) is 0 Å². The molecule has 1 aromatic heterocycles. The zero-order valence-corrected chi connectivity index (χ0v) is 17.2. The molecule has 5 nitrogen and oxygen atoms in total. The third-order valence-corrected chi connectivity index (χ3v) is 5.95. The molecule has 1 saturated heterocycles. The molecular formula is C22H28ClN3O2. The Labute approximate surface area is 172 Å². The summed E-state index contributed by atoms with van der Waals surface area (Å²) in [5.74, 6) is 1.57.